The molecule has 3 amide bonds. The van der Waals surface area contributed by atoms with E-state index in [1.165, 1.54) is 4.90 Å². The molecule has 0 aliphatic carbocycles. The van der Waals surface area contributed by atoms with Crippen molar-refractivity contribution in [1.82, 2.24) is 15.1 Å². The van der Waals surface area contributed by atoms with Crippen molar-refractivity contribution in [2.45, 2.75) is 32.6 Å². The molecule has 0 aromatic heterocycles. The molecular weight excluding hydrogens is 274 g/mol. The molecule has 1 heterocycles. The highest BCUT2D eigenvalue weighted by Crippen LogP contribution is 2.20. The number of urea groups is 1. The maximum atomic E-state index is 12.5. The molecular formula is C14H25N3O4. The monoisotopic (exact) mass is 299 g/mol. The lowest BCUT2D eigenvalue weighted by molar-refractivity contribution is -0.138. The van der Waals surface area contributed by atoms with E-state index in [1.54, 1.807) is 11.9 Å². The van der Waals surface area contributed by atoms with Gasteiger partial charge in [-0.15, -0.1) is 0 Å². The molecule has 1 atom stereocenters. The number of carboxylic acid groups (broad SMARTS) is 1. The second-order valence-corrected chi connectivity index (χ2v) is 5.43. The Morgan fingerprint density at radius 1 is 1.38 bits per heavy atom. The van der Waals surface area contributed by atoms with Crippen LogP contribution in [0.5, 0.6) is 0 Å². The Labute approximate surface area is 125 Å². The summed E-state index contributed by atoms with van der Waals surface area (Å²) in [5.41, 5.74) is 0. The van der Waals surface area contributed by atoms with E-state index in [1.807, 2.05) is 6.92 Å². The summed E-state index contributed by atoms with van der Waals surface area (Å²) in [5, 5.41) is 11.4. The smallest absolute Gasteiger partial charge is 0.320 e. The minimum Gasteiger partial charge on any atom is -0.481 e. The molecule has 7 nitrogen and oxygen atoms in total. The molecule has 0 aromatic rings. The van der Waals surface area contributed by atoms with Crippen LogP contribution in [0.15, 0.2) is 0 Å². The lowest BCUT2D eigenvalue weighted by atomic mass is 9.95. The number of nitrogens with one attached hydrogen (secondary N) is 1. The van der Waals surface area contributed by atoms with E-state index < -0.39 is 5.97 Å². The van der Waals surface area contributed by atoms with E-state index in [9.17, 15) is 14.4 Å². The van der Waals surface area contributed by atoms with E-state index >= 15 is 0 Å². The summed E-state index contributed by atoms with van der Waals surface area (Å²) in [5.74, 6) is -1.02. The number of aliphatic carboxylic acids is 1. The molecule has 1 aliphatic rings. The van der Waals surface area contributed by atoms with Crippen molar-refractivity contribution in [3.63, 3.8) is 0 Å². The van der Waals surface area contributed by atoms with E-state index in [4.69, 9.17) is 5.11 Å². The molecule has 0 aromatic carbocycles. The standard InChI is InChI=1S/C14H25N3O4/c1-3-6-16(10-12(18)15-2)14(21)17-7-4-5-11(9-17)8-13(19)20/h11H,3-10H2,1-2H3,(H,15,18)(H,19,20). The first-order chi connectivity index (χ1) is 9.97. The molecule has 21 heavy (non-hydrogen) atoms. The summed E-state index contributed by atoms with van der Waals surface area (Å²) in [6.07, 6.45) is 2.51. The Balaban J connectivity index is 2.64. The van der Waals surface area contributed by atoms with Gasteiger partial charge in [-0.1, -0.05) is 6.92 Å². The highest BCUT2D eigenvalue weighted by atomic mass is 16.4. The van der Waals surface area contributed by atoms with E-state index in [0.717, 1.165) is 19.3 Å². The Kier molecular flexibility index (Phi) is 6.98. The molecule has 120 valence electrons. The summed E-state index contributed by atoms with van der Waals surface area (Å²) in [4.78, 5) is 38.0. The van der Waals surface area contributed by atoms with Crippen LogP contribution in [0.25, 0.3) is 0 Å². The lowest BCUT2D eigenvalue weighted by Gasteiger charge is -2.35. The van der Waals surface area contributed by atoms with Gasteiger partial charge in [0.15, 0.2) is 0 Å². The fourth-order valence-corrected chi connectivity index (χ4v) is 2.62. The number of likely N-dealkylation sites (N-methyl/N-ethyl adjacent to an activating group) is 1. The fourth-order valence-electron chi connectivity index (χ4n) is 2.62. The number of carbonyl (C=O) groups is 3. The number of carboxylic acids is 1. The van der Waals surface area contributed by atoms with Crippen molar-refractivity contribution >= 4 is 17.9 Å². The first-order valence-corrected chi connectivity index (χ1v) is 7.44. The average molecular weight is 299 g/mol. The minimum absolute atomic E-state index is 0.00341. The molecule has 0 spiro atoms. The Bertz CT molecular complexity index is 386. The van der Waals surface area contributed by atoms with Crippen LogP contribution in [0.3, 0.4) is 0 Å². The molecule has 0 bridgehead atoms. The summed E-state index contributed by atoms with van der Waals surface area (Å²) >= 11 is 0. The van der Waals surface area contributed by atoms with Gasteiger partial charge < -0.3 is 20.2 Å². The first-order valence-electron chi connectivity index (χ1n) is 7.44. The van der Waals surface area contributed by atoms with Gasteiger partial charge in [0.2, 0.25) is 5.91 Å². The molecule has 7 heteroatoms. The van der Waals surface area contributed by atoms with Crippen LogP contribution in [-0.4, -0.2) is 66.0 Å². The van der Waals surface area contributed by atoms with Crippen molar-refractivity contribution in [3.8, 4) is 0 Å². The van der Waals surface area contributed by atoms with Crippen LogP contribution in [-0.2, 0) is 9.59 Å². The summed E-state index contributed by atoms with van der Waals surface area (Å²) in [6.45, 7) is 3.60. The third-order valence-electron chi connectivity index (χ3n) is 3.63. The van der Waals surface area contributed by atoms with Gasteiger partial charge in [0.05, 0.1) is 0 Å². The third kappa shape index (κ3) is 5.61. The second kappa shape index (κ2) is 8.49. The molecule has 1 aliphatic heterocycles. The van der Waals surface area contributed by atoms with Gasteiger partial charge in [-0.3, -0.25) is 9.59 Å². The van der Waals surface area contributed by atoms with Gasteiger partial charge in [-0.25, -0.2) is 4.79 Å². The Morgan fingerprint density at radius 2 is 2.10 bits per heavy atom. The highest BCUT2D eigenvalue weighted by molar-refractivity contribution is 5.84. The molecule has 0 radical (unpaired) electrons. The molecule has 0 saturated carbocycles. The second-order valence-electron chi connectivity index (χ2n) is 5.43. The topological polar surface area (TPSA) is 90.0 Å². The normalized spacial score (nSPS) is 18.2. The van der Waals surface area contributed by atoms with E-state index in [0.29, 0.717) is 19.6 Å². The van der Waals surface area contributed by atoms with Crippen LogP contribution < -0.4 is 5.32 Å². The predicted octanol–water partition coefficient (Wildman–Crippen LogP) is 0.751. The lowest BCUT2D eigenvalue weighted by Crippen LogP contribution is -2.50. The van der Waals surface area contributed by atoms with Gasteiger partial charge >= 0.3 is 12.0 Å². The minimum atomic E-state index is -0.829. The van der Waals surface area contributed by atoms with Gasteiger partial charge in [0.1, 0.15) is 6.54 Å². The molecule has 1 saturated heterocycles. The molecule has 1 unspecified atom stereocenters. The van der Waals surface area contributed by atoms with Crippen LogP contribution >= 0.6 is 0 Å². The maximum absolute atomic E-state index is 12.5. The number of hydrogen-bond acceptors (Lipinski definition) is 3. The zero-order valence-electron chi connectivity index (χ0n) is 12.8. The number of carbonyl (C=O) groups excluding carboxylic acids is 2. The van der Waals surface area contributed by atoms with Gasteiger partial charge in [0, 0.05) is 33.1 Å². The third-order valence-corrected chi connectivity index (χ3v) is 3.63. The van der Waals surface area contributed by atoms with Crippen molar-refractivity contribution in [2.24, 2.45) is 5.92 Å². The van der Waals surface area contributed by atoms with Crippen LogP contribution in [0, 0.1) is 5.92 Å². The summed E-state index contributed by atoms with van der Waals surface area (Å²) < 4.78 is 0. The highest BCUT2D eigenvalue weighted by Gasteiger charge is 2.28. The molecule has 2 N–H and O–H groups in total. The Morgan fingerprint density at radius 3 is 2.67 bits per heavy atom. The number of likely N-dealkylation sites (tertiary alicyclic amines) is 1. The van der Waals surface area contributed by atoms with E-state index in [2.05, 4.69) is 5.32 Å². The first kappa shape index (κ1) is 17.3. The van der Waals surface area contributed by atoms with Crippen molar-refractivity contribution in [3.05, 3.63) is 0 Å². The number of hydrogen-bond donors (Lipinski definition) is 2. The number of piperidine rings is 1. The molecule has 1 rings (SSSR count). The van der Waals surface area contributed by atoms with Gasteiger partial charge in [-0.2, -0.15) is 0 Å². The largest absolute Gasteiger partial charge is 0.481 e. The maximum Gasteiger partial charge on any atom is 0.320 e. The van der Waals surface area contributed by atoms with E-state index in [-0.39, 0.29) is 30.8 Å². The average Bonchev–Trinajstić information content (AvgIpc) is 2.45. The van der Waals surface area contributed by atoms with Crippen molar-refractivity contribution < 1.29 is 19.5 Å². The number of amides is 3. The SMILES string of the molecule is CCCN(CC(=O)NC)C(=O)N1CCCC(CC(=O)O)C1. The fraction of sp³-hybridized carbons (Fsp3) is 0.786. The number of rotatable bonds is 6. The summed E-state index contributed by atoms with van der Waals surface area (Å²) in [6, 6.07) is -0.171. The van der Waals surface area contributed by atoms with Crippen LogP contribution in [0.1, 0.15) is 32.6 Å². The van der Waals surface area contributed by atoms with Crippen LogP contribution in [0.2, 0.25) is 0 Å². The molecule has 1 fully saturated rings. The van der Waals surface area contributed by atoms with Crippen molar-refractivity contribution in [1.29, 1.82) is 0 Å². The van der Waals surface area contributed by atoms with Gasteiger partial charge in [0.25, 0.3) is 0 Å². The predicted molar refractivity (Wildman–Crippen MR) is 77.9 cm³/mol. The quantitative estimate of drug-likeness (QED) is 0.757. The van der Waals surface area contributed by atoms with Crippen LogP contribution in [0.4, 0.5) is 4.79 Å². The zero-order valence-corrected chi connectivity index (χ0v) is 12.8. The number of nitrogens with zero attached hydrogens (tertiary/aromatic N) is 2. The Hall–Kier alpha value is -1.79. The van der Waals surface area contributed by atoms with Gasteiger partial charge in [-0.05, 0) is 25.2 Å². The van der Waals surface area contributed by atoms with Crippen molar-refractivity contribution in [2.75, 3.05) is 33.2 Å². The zero-order chi connectivity index (χ0) is 15.8. The summed E-state index contributed by atoms with van der Waals surface area (Å²) in [7, 11) is 1.54.